The number of rotatable bonds is 16. The normalized spacial score (nSPS) is 12.5. The van der Waals surface area contributed by atoms with Gasteiger partial charge in [-0.1, -0.05) is 51.9 Å². The topological polar surface area (TPSA) is 46.5 Å². The molecule has 0 aliphatic carbocycles. The average molecular weight is 300 g/mol. The molecule has 0 amide bonds. The van der Waals surface area contributed by atoms with E-state index >= 15 is 0 Å². The van der Waals surface area contributed by atoms with Gasteiger partial charge in [-0.2, -0.15) is 0 Å². The standard InChI is InChI=1S/C18H36O3/c1-3-4-5-6-7-8-9-10-13-18(20)14-11-12-15-21-16-17(2)19/h17,19H,3-16H2,1-2H3. The first-order chi connectivity index (χ1) is 10.2. The van der Waals surface area contributed by atoms with E-state index in [2.05, 4.69) is 6.92 Å². The highest BCUT2D eigenvalue weighted by Crippen LogP contribution is 2.11. The smallest absolute Gasteiger partial charge is 0.132 e. The van der Waals surface area contributed by atoms with Crippen LogP contribution >= 0.6 is 0 Å². The molecule has 0 rings (SSSR count). The number of unbranched alkanes of at least 4 members (excludes halogenated alkanes) is 8. The van der Waals surface area contributed by atoms with Gasteiger partial charge in [0, 0.05) is 19.4 Å². The quantitative estimate of drug-likeness (QED) is 0.422. The van der Waals surface area contributed by atoms with Gasteiger partial charge in [0.25, 0.3) is 0 Å². The van der Waals surface area contributed by atoms with E-state index in [0.29, 0.717) is 25.4 Å². The van der Waals surface area contributed by atoms with Crippen LogP contribution in [0.15, 0.2) is 0 Å². The molecule has 0 saturated heterocycles. The molecule has 0 spiro atoms. The van der Waals surface area contributed by atoms with E-state index in [9.17, 15) is 4.79 Å². The Kier molecular flexibility index (Phi) is 15.7. The van der Waals surface area contributed by atoms with E-state index in [0.717, 1.165) is 25.7 Å². The molecule has 0 aromatic carbocycles. The van der Waals surface area contributed by atoms with E-state index in [1.165, 1.54) is 44.9 Å². The minimum absolute atomic E-state index is 0.395. The number of carbonyl (C=O) groups is 1. The van der Waals surface area contributed by atoms with Crippen LogP contribution in [-0.4, -0.2) is 30.2 Å². The molecule has 0 aliphatic heterocycles. The minimum Gasteiger partial charge on any atom is -0.391 e. The average Bonchev–Trinajstić information content (AvgIpc) is 2.45. The highest BCUT2D eigenvalue weighted by molar-refractivity contribution is 5.78. The molecule has 0 radical (unpaired) electrons. The van der Waals surface area contributed by atoms with E-state index in [4.69, 9.17) is 9.84 Å². The van der Waals surface area contributed by atoms with Crippen molar-refractivity contribution in [3.63, 3.8) is 0 Å². The molecule has 0 bridgehead atoms. The summed E-state index contributed by atoms with van der Waals surface area (Å²) in [6, 6.07) is 0. The molecular weight excluding hydrogens is 264 g/mol. The number of carbonyl (C=O) groups excluding carboxylic acids is 1. The number of aliphatic hydroxyl groups is 1. The summed E-state index contributed by atoms with van der Waals surface area (Å²) >= 11 is 0. The Labute approximate surface area is 131 Å². The molecule has 1 atom stereocenters. The number of ether oxygens (including phenoxy) is 1. The Morgan fingerprint density at radius 1 is 0.905 bits per heavy atom. The molecular formula is C18H36O3. The molecule has 0 aromatic heterocycles. The van der Waals surface area contributed by atoms with Gasteiger partial charge in [-0.3, -0.25) is 4.79 Å². The van der Waals surface area contributed by atoms with Crippen molar-refractivity contribution in [2.75, 3.05) is 13.2 Å². The number of hydrogen-bond donors (Lipinski definition) is 1. The third kappa shape index (κ3) is 17.5. The fraction of sp³-hybridized carbons (Fsp3) is 0.944. The zero-order valence-corrected chi connectivity index (χ0v) is 14.2. The summed E-state index contributed by atoms with van der Waals surface area (Å²) in [5.41, 5.74) is 0. The Morgan fingerprint density at radius 3 is 2.00 bits per heavy atom. The van der Waals surface area contributed by atoms with E-state index < -0.39 is 6.10 Å². The second-order valence-corrected chi connectivity index (χ2v) is 6.14. The van der Waals surface area contributed by atoms with E-state index in [1.807, 2.05) is 0 Å². The van der Waals surface area contributed by atoms with Crippen molar-refractivity contribution in [2.45, 2.75) is 97.0 Å². The van der Waals surface area contributed by atoms with Crippen molar-refractivity contribution >= 4 is 5.78 Å². The van der Waals surface area contributed by atoms with Crippen molar-refractivity contribution in [3.05, 3.63) is 0 Å². The monoisotopic (exact) mass is 300 g/mol. The van der Waals surface area contributed by atoms with Crippen molar-refractivity contribution in [1.82, 2.24) is 0 Å². The van der Waals surface area contributed by atoms with E-state index in [1.54, 1.807) is 6.92 Å². The van der Waals surface area contributed by atoms with Gasteiger partial charge < -0.3 is 9.84 Å². The Balaban J connectivity index is 3.16. The van der Waals surface area contributed by atoms with Gasteiger partial charge in [0.2, 0.25) is 0 Å². The molecule has 0 heterocycles. The van der Waals surface area contributed by atoms with Gasteiger partial charge >= 0.3 is 0 Å². The first kappa shape index (κ1) is 20.6. The van der Waals surface area contributed by atoms with Crippen molar-refractivity contribution < 1.29 is 14.6 Å². The Bertz CT molecular complexity index is 227. The van der Waals surface area contributed by atoms with Gasteiger partial charge in [0.15, 0.2) is 0 Å². The molecule has 0 fully saturated rings. The third-order valence-corrected chi connectivity index (χ3v) is 3.66. The number of Topliss-reactive ketones (excluding diaryl/α,β-unsaturated/α-hetero) is 1. The lowest BCUT2D eigenvalue weighted by atomic mass is 10.0. The predicted molar refractivity (Wildman–Crippen MR) is 88.6 cm³/mol. The number of aliphatic hydroxyl groups excluding tert-OH is 1. The zero-order valence-electron chi connectivity index (χ0n) is 14.2. The zero-order chi connectivity index (χ0) is 15.8. The van der Waals surface area contributed by atoms with Gasteiger partial charge in [0.05, 0.1) is 12.7 Å². The van der Waals surface area contributed by atoms with Crippen LogP contribution in [0, 0.1) is 0 Å². The molecule has 126 valence electrons. The lowest BCUT2D eigenvalue weighted by Crippen LogP contribution is -2.11. The summed E-state index contributed by atoms with van der Waals surface area (Å²) in [6.07, 6.45) is 13.1. The lowest BCUT2D eigenvalue weighted by Gasteiger charge is -2.06. The molecule has 1 N–H and O–H groups in total. The van der Waals surface area contributed by atoms with Gasteiger partial charge in [-0.25, -0.2) is 0 Å². The Hall–Kier alpha value is -0.410. The maximum atomic E-state index is 11.7. The van der Waals surface area contributed by atoms with Crippen LogP contribution in [0.5, 0.6) is 0 Å². The fourth-order valence-electron chi connectivity index (χ4n) is 2.36. The van der Waals surface area contributed by atoms with Crippen LogP contribution in [-0.2, 0) is 9.53 Å². The highest BCUT2D eigenvalue weighted by atomic mass is 16.5. The van der Waals surface area contributed by atoms with Crippen LogP contribution in [0.1, 0.15) is 90.9 Å². The lowest BCUT2D eigenvalue weighted by molar-refractivity contribution is -0.119. The van der Waals surface area contributed by atoms with Crippen molar-refractivity contribution in [1.29, 1.82) is 0 Å². The van der Waals surface area contributed by atoms with Gasteiger partial charge in [0.1, 0.15) is 5.78 Å². The maximum absolute atomic E-state index is 11.7. The second-order valence-electron chi connectivity index (χ2n) is 6.14. The van der Waals surface area contributed by atoms with Crippen LogP contribution in [0.4, 0.5) is 0 Å². The van der Waals surface area contributed by atoms with Gasteiger partial charge in [-0.15, -0.1) is 0 Å². The summed E-state index contributed by atoms with van der Waals surface area (Å²) in [7, 11) is 0. The van der Waals surface area contributed by atoms with Crippen LogP contribution in [0.3, 0.4) is 0 Å². The maximum Gasteiger partial charge on any atom is 0.132 e. The number of hydrogen-bond acceptors (Lipinski definition) is 3. The fourth-order valence-corrected chi connectivity index (χ4v) is 2.36. The third-order valence-electron chi connectivity index (χ3n) is 3.66. The second kappa shape index (κ2) is 16.0. The highest BCUT2D eigenvalue weighted by Gasteiger charge is 2.02. The molecule has 3 heteroatoms. The number of ketones is 1. The largest absolute Gasteiger partial charge is 0.391 e. The van der Waals surface area contributed by atoms with Gasteiger partial charge in [-0.05, 0) is 26.2 Å². The summed E-state index contributed by atoms with van der Waals surface area (Å²) < 4.78 is 5.27. The van der Waals surface area contributed by atoms with Crippen LogP contribution in [0.2, 0.25) is 0 Å². The Morgan fingerprint density at radius 2 is 1.43 bits per heavy atom. The first-order valence-electron chi connectivity index (χ1n) is 8.94. The molecule has 0 aromatic rings. The minimum atomic E-state index is -0.395. The summed E-state index contributed by atoms with van der Waals surface area (Å²) in [5.74, 6) is 0.400. The van der Waals surface area contributed by atoms with E-state index in [-0.39, 0.29) is 0 Å². The predicted octanol–water partition coefficient (Wildman–Crippen LogP) is 4.65. The van der Waals surface area contributed by atoms with Crippen molar-refractivity contribution in [2.24, 2.45) is 0 Å². The summed E-state index contributed by atoms with van der Waals surface area (Å²) in [4.78, 5) is 11.7. The van der Waals surface area contributed by atoms with Crippen LogP contribution < -0.4 is 0 Å². The molecule has 3 nitrogen and oxygen atoms in total. The molecule has 0 saturated carbocycles. The first-order valence-corrected chi connectivity index (χ1v) is 8.94. The SMILES string of the molecule is CCCCCCCCCCC(=O)CCCCOCC(C)O. The molecule has 21 heavy (non-hydrogen) atoms. The van der Waals surface area contributed by atoms with Crippen molar-refractivity contribution in [3.8, 4) is 0 Å². The van der Waals surface area contributed by atoms with Crippen LogP contribution in [0.25, 0.3) is 0 Å². The summed E-state index contributed by atoms with van der Waals surface area (Å²) in [5, 5.41) is 9.02. The summed E-state index contributed by atoms with van der Waals surface area (Å²) in [6.45, 7) is 5.00. The molecule has 0 aliphatic rings. The molecule has 1 unspecified atom stereocenters.